The molecule has 0 aliphatic heterocycles. The molecule has 20 heavy (non-hydrogen) atoms. The molecule has 0 spiro atoms. The molecule has 1 rings (SSSR count). The van der Waals surface area contributed by atoms with Crippen molar-refractivity contribution in [2.45, 2.75) is 39.1 Å². The van der Waals surface area contributed by atoms with E-state index >= 15 is 0 Å². The second kappa shape index (κ2) is 8.31. The first-order valence-corrected chi connectivity index (χ1v) is 5.84. The van der Waals surface area contributed by atoms with Gasteiger partial charge in [-0.25, -0.2) is 4.79 Å². The Bertz CT molecular complexity index is 434. The Kier molecular flexibility index (Phi) is 7.52. The van der Waals surface area contributed by atoms with Gasteiger partial charge in [-0.15, -0.1) is 10.2 Å². The molecule has 0 aromatic carbocycles. The summed E-state index contributed by atoms with van der Waals surface area (Å²) in [6, 6.07) is 0. The van der Waals surface area contributed by atoms with E-state index < -0.39 is 24.3 Å². The largest absolute Gasteiger partial charge is 0.478 e. The standard InChI is InChI=1S/C9H15N3O3.C3H4O2/c1-4(13)7-8(5(2)14)10-12-11-9(7)6(3)15;1-2-3(4)5/h4-6,13-15H,1-3H3;2H,1H2,(H,4,5). The number of carboxylic acid groups (broad SMARTS) is 1. The molecule has 8 heteroatoms. The van der Waals surface area contributed by atoms with Gasteiger partial charge in [-0.1, -0.05) is 6.58 Å². The van der Waals surface area contributed by atoms with Gasteiger partial charge in [0.05, 0.1) is 18.3 Å². The van der Waals surface area contributed by atoms with Crippen LogP contribution in [-0.4, -0.2) is 41.8 Å². The van der Waals surface area contributed by atoms with Crippen LogP contribution in [0.25, 0.3) is 0 Å². The van der Waals surface area contributed by atoms with E-state index in [-0.39, 0.29) is 11.4 Å². The van der Waals surface area contributed by atoms with Crippen molar-refractivity contribution in [3.8, 4) is 0 Å². The van der Waals surface area contributed by atoms with Crippen LogP contribution in [-0.2, 0) is 4.79 Å². The number of hydrogen-bond donors (Lipinski definition) is 4. The van der Waals surface area contributed by atoms with Crippen LogP contribution in [0, 0.1) is 0 Å². The summed E-state index contributed by atoms with van der Waals surface area (Å²) in [4.78, 5) is 9.25. The van der Waals surface area contributed by atoms with E-state index in [4.69, 9.17) is 5.11 Å². The van der Waals surface area contributed by atoms with E-state index in [1.165, 1.54) is 20.8 Å². The number of hydrogen-bond acceptors (Lipinski definition) is 7. The van der Waals surface area contributed by atoms with Gasteiger partial charge in [0.15, 0.2) is 0 Å². The van der Waals surface area contributed by atoms with Gasteiger partial charge in [-0.05, 0) is 26.0 Å². The normalized spacial score (nSPS) is 14.5. The van der Waals surface area contributed by atoms with Crippen molar-refractivity contribution in [2.24, 2.45) is 0 Å². The first kappa shape index (κ1) is 18.1. The number of nitrogens with zero attached hydrogens (tertiary/aromatic N) is 3. The first-order valence-electron chi connectivity index (χ1n) is 5.84. The van der Waals surface area contributed by atoms with Crippen molar-refractivity contribution >= 4 is 5.97 Å². The summed E-state index contributed by atoms with van der Waals surface area (Å²) in [5.74, 6) is -0.981. The van der Waals surface area contributed by atoms with Crippen LogP contribution < -0.4 is 0 Å². The highest BCUT2D eigenvalue weighted by molar-refractivity contribution is 5.78. The quantitative estimate of drug-likeness (QED) is 0.579. The molecule has 0 aliphatic carbocycles. The fourth-order valence-corrected chi connectivity index (χ4v) is 1.40. The fraction of sp³-hybridized carbons (Fsp3) is 0.500. The number of rotatable bonds is 4. The lowest BCUT2D eigenvalue weighted by Crippen LogP contribution is -2.14. The molecule has 1 heterocycles. The zero-order chi connectivity index (χ0) is 15.9. The SMILES string of the molecule is C=CC(=O)O.CC(O)c1nnnc(C(C)O)c1C(C)O. The molecule has 0 bridgehead atoms. The summed E-state index contributed by atoms with van der Waals surface area (Å²) in [6.45, 7) is 7.52. The van der Waals surface area contributed by atoms with E-state index in [0.717, 1.165) is 6.08 Å². The van der Waals surface area contributed by atoms with Gasteiger partial charge in [0.2, 0.25) is 0 Å². The lowest BCUT2D eigenvalue weighted by Gasteiger charge is -2.16. The third-order valence-electron chi connectivity index (χ3n) is 2.24. The van der Waals surface area contributed by atoms with E-state index in [1.54, 1.807) is 0 Å². The molecule has 1 aromatic rings. The Morgan fingerprint density at radius 1 is 1.05 bits per heavy atom. The molecule has 112 valence electrons. The summed E-state index contributed by atoms with van der Waals surface area (Å²) in [5.41, 5.74) is 0.835. The van der Waals surface area contributed by atoms with Gasteiger partial charge in [-0.2, -0.15) is 0 Å². The predicted octanol–water partition coefficient (Wildman–Crippen LogP) is 0.288. The van der Waals surface area contributed by atoms with Gasteiger partial charge in [0, 0.05) is 11.6 Å². The van der Waals surface area contributed by atoms with Crippen molar-refractivity contribution < 1.29 is 25.2 Å². The Morgan fingerprint density at radius 3 is 1.60 bits per heavy atom. The molecule has 0 saturated heterocycles. The van der Waals surface area contributed by atoms with E-state index in [0.29, 0.717) is 5.56 Å². The maximum absolute atomic E-state index is 9.55. The van der Waals surface area contributed by atoms with Crippen LogP contribution in [0.3, 0.4) is 0 Å². The third kappa shape index (κ3) is 5.39. The number of aliphatic hydroxyl groups is 3. The Labute approximate surface area is 116 Å². The lowest BCUT2D eigenvalue weighted by atomic mass is 10.0. The average molecular weight is 285 g/mol. The van der Waals surface area contributed by atoms with Crippen LogP contribution in [0.4, 0.5) is 0 Å². The average Bonchev–Trinajstić information content (AvgIpc) is 2.38. The van der Waals surface area contributed by atoms with E-state index in [9.17, 15) is 20.1 Å². The monoisotopic (exact) mass is 285 g/mol. The van der Waals surface area contributed by atoms with Gasteiger partial charge in [0.1, 0.15) is 11.4 Å². The Balaban J connectivity index is 0.000000621. The molecule has 3 unspecified atom stereocenters. The smallest absolute Gasteiger partial charge is 0.327 e. The van der Waals surface area contributed by atoms with Gasteiger partial charge >= 0.3 is 5.97 Å². The maximum atomic E-state index is 9.55. The minimum Gasteiger partial charge on any atom is -0.478 e. The third-order valence-corrected chi connectivity index (χ3v) is 2.24. The van der Waals surface area contributed by atoms with Crippen LogP contribution in [0.1, 0.15) is 56.0 Å². The second-order valence-corrected chi connectivity index (χ2v) is 4.04. The molecule has 0 aliphatic rings. The highest BCUT2D eigenvalue weighted by Crippen LogP contribution is 2.26. The number of aromatic nitrogens is 3. The zero-order valence-corrected chi connectivity index (χ0v) is 11.6. The number of aliphatic carboxylic acids is 1. The maximum Gasteiger partial charge on any atom is 0.327 e. The summed E-state index contributed by atoms with van der Waals surface area (Å²) < 4.78 is 0. The highest BCUT2D eigenvalue weighted by atomic mass is 16.4. The van der Waals surface area contributed by atoms with Crippen LogP contribution in [0.2, 0.25) is 0 Å². The fourth-order valence-electron chi connectivity index (χ4n) is 1.40. The summed E-state index contributed by atoms with van der Waals surface area (Å²) in [6.07, 6.45) is -1.74. The molecule has 1 aromatic heterocycles. The van der Waals surface area contributed by atoms with Gasteiger partial charge < -0.3 is 20.4 Å². The molecular weight excluding hydrogens is 266 g/mol. The second-order valence-electron chi connectivity index (χ2n) is 4.04. The zero-order valence-electron chi connectivity index (χ0n) is 11.6. The molecule has 4 N–H and O–H groups in total. The molecule has 3 atom stereocenters. The van der Waals surface area contributed by atoms with Crippen LogP contribution in [0.15, 0.2) is 12.7 Å². The Morgan fingerprint density at radius 2 is 1.40 bits per heavy atom. The minimum absolute atomic E-state index is 0.246. The topological polar surface area (TPSA) is 137 Å². The van der Waals surface area contributed by atoms with Gasteiger partial charge in [-0.3, -0.25) is 0 Å². The lowest BCUT2D eigenvalue weighted by molar-refractivity contribution is -0.131. The molecule has 0 saturated carbocycles. The first-order chi connectivity index (χ1) is 9.22. The van der Waals surface area contributed by atoms with E-state index in [2.05, 4.69) is 22.0 Å². The van der Waals surface area contributed by atoms with Crippen molar-refractivity contribution in [2.75, 3.05) is 0 Å². The predicted molar refractivity (Wildman–Crippen MR) is 69.6 cm³/mol. The van der Waals surface area contributed by atoms with Crippen LogP contribution >= 0.6 is 0 Å². The molecule has 0 amide bonds. The minimum atomic E-state index is -0.981. The molecule has 0 fully saturated rings. The molecule has 0 radical (unpaired) electrons. The number of carboxylic acids is 1. The summed E-state index contributed by atoms with van der Waals surface area (Å²) >= 11 is 0. The van der Waals surface area contributed by atoms with Crippen molar-refractivity contribution in [1.82, 2.24) is 15.4 Å². The van der Waals surface area contributed by atoms with E-state index in [1.807, 2.05) is 0 Å². The van der Waals surface area contributed by atoms with Crippen molar-refractivity contribution in [3.63, 3.8) is 0 Å². The number of carbonyl (C=O) groups is 1. The van der Waals surface area contributed by atoms with Crippen molar-refractivity contribution in [1.29, 1.82) is 0 Å². The molecule has 8 nitrogen and oxygen atoms in total. The summed E-state index contributed by atoms with van der Waals surface area (Å²) in [5, 5.41) is 46.8. The summed E-state index contributed by atoms with van der Waals surface area (Å²) in [7, 11) is 0. The van der Waals surface area contributed by atoms with Gasteiger partial charge in [0.25, 0.3) is 0 Å². The number of aliphatic hydroxyl groups excluding tert-OH is 3. The highest BCUT2D eigenvalue weighted by Gasteiger charge is 2.22. The Hall–Kier alpha value is -1.90. The van der Waals surface area contributed by atoms with Crippen molar-refractivity contribution in [3.05, 3.63) is 29.6 Å². The molecular formula is C12H19N3O5. The van der Waals surface area contributed by atoms with Crippen LogP contribution in [0.5, 0.6) is 0 Å².